The molecule has 0 bridgehead atoms. The van der Waals surface area contributed by atoms with Gasteiger partial charge >= 0.3 is 6.18 Å². The van der Waals surface area contributed by atoms with E-state index in [-0.39, 0.29) is 17.1 Å². The number of nitrogens with one attached hydrogen (secondary N) is 2. The highest BCUT2D eigenvalue weighted by molar-refractivity contribution is 7.90. The third kappa shape index (κ3) is 4.98. The molecule has 2 aromatic rings. The molecule has 0 saturated carbocycles. The van der Waals surface area contributed by atoms with E-state index in [0.717, 1.165) is 18.4 Å². The monoisotopic (exact) mass is 386 g/mol. The third-order valence-electron chi connectivity index (χ3n) is 3.58. The van der Waals surface area contributed by atoms with Gasteiger partial charge in [-0.1, -0.05) is 18.2 Å². The number of anilines is 2. The van der Waals surface area contributed by atoms with E-state index in [0.29, 0.717) is 11.3 Å². The van der Waals surface area contributed by atoms with Gasteiger partial charge in [-0.3, -0.25) is 4.79 Å². The van der Waals surface area contributed by atoms with Crippen LogP contribution in [0.15, 0.2) is 47.4 Å². The molecular weight excluding hydrogens is 369 g/mol. The number of amides is 1. The van der Waals surface area contributed by atoms with Gasteiger partial charge in [-0.25, -0.2) is 8.42 Å². The van der Waals surface area contributed by atoms with Crippen molar-refractivity contribution in [3.05, 3.63) is 53.6 Å². The first-order valence-corrected chi connectivity index (χ1v) is 9.38. The summed E-state index contributed by atoms with van der Waals surface area (Å²) in [5.74, 6) is -0.689. The predicted molar refractivity (Wildman–Crippen MR) is 92.9 cm³/mol. The highest BCUT2D eigenvalue weighted by Crippen LogP contribution is 2.34. The number of halogens is 3. The maximum absolute atomic E-state index is 12.9. The number of aryl methyl sites for hydroxylation is 1. The van der Waals surface area contributed by atoms with Gasteiger partial charge in [0.05, 0.1) is 22.7 Å². The van der Waals surface area contributed by atoms with E-state index >= 15 is 0 Å². The van der Waals surface area contributed by atoms with E-state index in [4.69, 9.17) is 0 Å². The summed E-state index contributed by atoms with van der Waals surface area (Å²) in [4.78, 5) is 12.1. The molecular formula is C17H17F3N2O3S. The minimum atomic E-state index is -4.59. The summed E-state index contributed by atoms with van der Waals surface area (Å²) < 4.78 is 62.0. The number of rotatable bonds is 5. The molecule has 0 radical (unpaired) electrons. The average Bonchev–Trinajstić information content (AvgIpc) is 2.52. The Bertz CT molecular complexity index is 925. The van der Waals surface area contributed by atoms with Gasteiger partial charge in [-0.2, -0.15) is 13.2 Å². The van der Waals surface area contributed by atoms with Crippen molar-refractivity contribution in [2.24, 2.45) is 0 Å². The van der Waals surface area contributed by atoms with Crippen LogP contribution in [0, 0.1) is 6.92 Å². The summed E-state index contributed by atoms with van der Waals surface area (Å²) in [6.07, 6.45) is -3.53. The molecule has 0 heterocycles. The fourth-order valence-corrected chi connectivity index (χ4v) is 2.88. The van der Waals surface area contributed by atoms with Crippen LogP contribution in [-0.2, 0) is 20.8 Å². The number of carbonyl (C=O) groups excluding carboxylic acids is 1. The first kappa shape index (κ1) is 19.8. The quantitative estimate of drug-likeness (QED) is 0.825. The smallest absolute Gasteiger partial charge is 0.376 e. The van der Waals surface area contributed by atoms with Gasteiger partial charge in [-0.15, -0.1) is 0 Å². The summed E-state index contributed by atoms with van der Waals surface area (Å²) in [6, 6.07) is 9.06. The second-order valence-corrected chi connectivity index (χ2v) is 7.71. The van der Waals surface area contributed by atoms with E-state index in [2.05, 4.69) is 10.6 Å². The Labute approximate surface area is 149 Å². The number of hydrogen-bond acceptors (Lipinski definition) is 4. The summed E-state index contributed by atoms with van der Waals surface area (Å²) in [5.41, 5.74) is -0.176. The second kappa shape index (κ2) is 7.36. The van der Waals surface area contributed by atoms with Crippen molar-refractivity contribution < 1.29 is 26.4 Å². The van der Waals surface area contributed by atoms with Gasteiger partial charge in [0.2, 0.25) is 5.91 Å². The Morgan fingerprint density at radius 2 is 1.73 bits per heavy atom. The zero-order chi connectivity index (χ0) is 19.5. The van der Waals surface area contributed by atoms with Crippen LogP contribution in [-0.4, -0.2) is 27.1 Å². The van der Waals surface area contributed by atoms with E-state index in [1.165, 1.54) is 24.3 Å². The number of benzene rings is 2. The van der Waals surface area contributed by atoms with Crippen molar-refractivity contribution in [1.82, 2.24) is 0 Å². The van der Waals surface area contributed by atoms with Gasteiger partial charge in [-0.05, 0) is 36.8 Å². The van der Waals surface area contributed by atoms with Crippen molar-refractivity contribution in [3.8, 4) is 0 Å². The van der Waals surface area contributed by atoms with E-state index in [9.17, 15) is 26.4 Å². The summed E-state index contributed by atoms with van der Waals surface area (Å²) in [5, 5.41) is 4.96. The van der Waals surface area contributed by atoms with Crippen LogP contribution in [0.4, 0.5) is 24.5 Å². The number of alkyl halides is 3. The lowest BCUT2D eigenvalue weighted by atomic mass is 10.1. The van der Waals surface area contributed by atoms with Crippen LogP contribution in [0.2, 0.25) is 0 Å². The number of para-hydroxylation sites is 1. The first-order chi connectivity index (χ1) is 12.0. The number of hydrogen-bond donors (Lipinski definition) is 2. The Hall–Kier alpha value is -2.55. The minimum absolute atomic E-state index is 0.0772. The zero-order valence-corrected chi connectivity index (χ0v) is 14.8. The average molecular weight is 386 g/mol. The van der Waals surface area contributed by atoms with E-state index in [1.54, 1.807) is 13.0 Å². The van der Waals surface area contributed by atoms with Crippen LogP contribution in [0.25, 0.3) is 0 Å². The molecule has 1 amide bonds. The maximum Gasteiger partial charge on any atom is 0.418 e. The van der Waals surface area contributed by atoms with Crippen LogP contribution < -0.4 is 10.6 Å². The SMILES string of the molecule is Cc1ccc(S(C)(=O)=O)cc1NCC(=O)Nc1ccccc1C(F)(F)F. The highest BCUT2D eigenvalue weighted by Gasteiger charge is 2.33. The van der Waals surface area contributed by atoms with E-state index < -0.39 is 27.5 Å². The maximum atomic E-state index is 12.9. The third-order valence-corrected chi connectivity index (χ3v) is 4.69. The lowest BCUT2D eigenvalue weighted by Crippen LogP contribution is -2.23. The molecule has 0 aliphatic rings. The molecule has 9 heteroatoms. The van der Waals surface area contributed by atoms with Gasteiger partial charge in [0, 0.05) is 11.9 Å². The lowest BCUT2D eigenvalue weighted by molar-refractivity contribution is -0.137. The molecule has 2 rings (SSSR count). The van der Waals surface area contributed by atoms with Crippen LogP contribution in [0.1, 0.15) is 11.1 Å². The van der Waals surface area contributed by atoms with Gasteiger partial charge in [0.15, 0.2) is 9.84 Å². The normalized spacial score (nSPS) is 11.9. The van der Waals surface area contributed by atoms with Gasteiger partial charge in [0.25, 0.3) is 0 Å². The topological polar surface area (TPSA) is 75.3 Å². The Kier molecular flexibility index (Phi) is 5.60. The minimum Gasteiger partial charge on any atom is -0.376 e. The molecule has 2 N–H and O–H groups in total. The van der Waals surface area contributed by atoms with Crippen LogP contribution in [0.3, 0.4) is 0 Å². The summed E-state index contributed by atoms with van der Waals surface area (Å²) >= 11 is 0. The van der Waals surface area contributed by atoms with E-state index in [1.807, 2.05) is 0 Å². The zero-order valence-electron chi connectivity index (χ0n) is 14.0. The molecule has 140 valence electrons. The molecule has 0 atom stereocenters. The first-order valence-electron chi connectivity index (χ1n) is 7.49. The Balaban J connectivity index is 2.12. The van der Waals surface area contributed by atoms with Crippen molar-refractivity contribution in [3.63, 3.8) is 0 Å². The molecule has 0 saturated heterocycles. The van der Waals surface area contributed by atoms with Crippen molar-refractivity contribution in [1.29, 1.82) is 0 Å². The van der Waals surface area contributed by atoms with Crippen LogP contribution >= 0.6 is 0 Å². The fourth-order valence-electron chi connectivity index (χ4n) is 2.23. The standard InChI is InChI=1S/C17H17F3N2O3S/c1-11-7-8-12(26(2,24)25)9-15(11)21-10-16(23)22-14-6-4-3-5-13(14)17(18,19)20/h3-9,21H,10H2,1-2H3,(H,22,23). The van der Waals surface area contributed by atoms with Gasteiger partial charge in [0.1, 0.15) is 0 Å². The summed E-state index contributed by atoms with van der Waals surface area (Å²) in [7, 11) is -3.42. The van der Waals surface area contributed by atoms with Crippen molar-refractivity contribution in [2.75, 3.05) is 23.4 Å². The molecule has 26 heavy (non-hydrogen) atoms. The fraction of sp³-hybridized carbons (Fsp3) is 0.235. The Morgan fingerprint density at radius 3 is 2.35 bits per heavy atom. The summed E-state index contributed by atoms with van der Waals surface area (Å²) in [6.45, 7) is 1.39. The molecule has 0 fully saturated rings. The second-order valence-electron chi connectivity index (χ2n) is 5.69. The van der Waals surface area contributed by atoms with Crippen molar-refractivity contribution in [2.45, 2.75) is 18.0 Å². The number of sulfone groups is 1. The molecule has 0 aromatic heterocycles. The lowest BCUT2D eigenvalue weighted by Gasteiger charge is -2.15. The highest BCUT2D eigenvalue weighted by atomic mass is 32.2. The molecule has 2 aromatic carbocycles. The molecule has 0 spiro atoms. The predicted octanol–water partition coefficient (Wildman–Crippen LogP) is 3.47. The Morgan fingerprint density at radius 1 is 1.08 bits per heavy atom. The molecule has 5 nitrogen and oxygen atoms in total. The van der Waals surface area contributed by atoms with Crippen molar-refractivity contribution >= 4 is 27.1 Å². The number of carbonyl (C=O) groups is 1. The van der Waals surface area contributed by atoms with Gasteiger partial charge < -0.3 is 10.6 Å². The molecule has 0 unspecified atom stereocenters. The molecule has 0 aliphatic carbocycles. The van der Waals surface area contributed by atoms with Crippen LogP contribution in [0.5, 0.6) is 0 Å². The largest absolute Gasteiger partial charge is 0.418 e. The molecule has 0 aliphatic heterocycles.